The van der Waals surface area contributed by atoms with Gasteiger partial charge in [-0.3, -0.25) is 4.79 Å². The van der Waals surface area contributed by atoms with Crippen molar-refractivity contribution in [2.75, 3.05) is 0 Å². The van der Waals surface area contributed by atoms with Crippen LogP contribution in [0.15, 0.2) is 71.1 Å². The minimum Gasteiger partial charge on any atom is -0.489 e. The molecule has 0 aliphatic heterocycles. The Morgan fingerprint density at radius 2 is 1.82 bits per heavy atom. The highest BCUT2D eigenvalue weighted by molar-refractivity contribution is 5.94. The van der Waals surface area contributed by atoms with Gasteiger partial charge in [0.2, 0.25) is 0 Å². The monoisotopic (exact) mass is 445 g/mol. The van der Waals surface area contributed by atoms with Crippen LogP contribution < -0.4 is 10.5 Å². The Balaban J connectivity index is 1.76. The van der Waals surface area contributed by atoms with Gasteiger partial charge < -0.3 is 25.1 Å². The Bertz CT molecular complexity index is 1300. The molecular weight excluding hydrogens is 418 g/mol. The van der Waals surface area contributed by atoms with E-state index in [1.807, 2.05) is 48.5 Å². The fraction of sp³-hybridized carbons (Fsp3) is 0.222. The van der Waals surface area contributed by atoms with Gasteiger partial charge in [-0.1, -0.05) is 36.4 Å². The Kier molecular flexibility index (Phi) is 6.22. The number of benzene rings is 3. The summed E-state index contributed by atoms with van der Waals surface area (Å²) in [6, 6.07) is 20.9. The number of nitrogens with two attached hydrogens (primary N) is 1. The van der Waals surface area contributed by atoms with Crippen molar-refractivity contribution in [3.8, 4) is 16.9 Å². The lowest BCUT2D eigenvalue weighted by Gasteiger charge is -2.13. The maximum absolute atomic E-state index is 11.2. The molecule has 0 amide bonds. The molecule has 0 fully saturated rings. The molecule has 33 heavy (non-hydrogen) atoms. The molecule has 0 unspecified atom stereocenters. The number of para-hydroxylation sites is 1. The van der Waals surface area contributed by atoms with Crippen LogP contribution in [0.5, 0.6) is 5.75 Å². The smallest absolute Gasteiger partial charge is 0.307 e. The van der Waals surface area contributed by atoms with E-state index >= 15 is 0 Å². The molecule has 0 atom stereocenters. The Labute approximate surface area is 192 Å². The van der Waals surface area contributed by atoms with Crippen LogP contribution in [0, 0.1) is 0 Å². The first-order chi connectivity index (χ1) is 15.7. The molecule has 6 heteroatoms. The van der Waals surface area contributed by atoms with Crippen LogP contribution in [-0.2, 0) is 30.0 Å². The number of carboxylic acid groups (broad SMARTS) is 1. The second-order valence-electron chi connectivity index (χ2n) is 8.60. The van der Waals surface area contributed by atoms with Gasteiger partial charge in [-0.15, -0.1) is 0 Å². The molecule has 3 aromatic carbocycles. The Hall–Kier alpha value is -3.61. The van der Waals surface area contributed by atoms with Gasteiger partial charge in [0.1, 0.15) is 29.3 Å². The highest BCUT2D eigenvalue weighted by atomic mass is 16.5. The SMILES string of the molecule is CC(C)(O)c1cc2cc(COc3ccccc3CC(=O)O)cc(-c3cccc(CN)c3)c2o1. The van der Waals surface area contributed by atoms with E-state index in [2.05, 4.69) is 0 Å². The van der Waals surface area contributed by atoms with Gasteiger partial charge in [0, 0.05) is 23.1 Å². The highest BCUT2D eigenvalue weighted by Crippen LogP contribution is 2.36. The third kappa shape index (κ3) is 5.08. The quantitative estimate of drug-likeness (QED) is 0.353. The summed E-state index contributed by atoms with van der Waals surface area (Å²) in [5, 5.41) is 20.5. The van der Waals surface area contributed by atoms with Gasteiger partial charge in [-0.25, -0.2) is 0 Å². The second kappa shape index (κ2) is 9.10. The molecule has 0 radical (unpaired) electrons. The van der Waals surface area contributed by atoms with E-state index in [0.29, 0.717) is 29.2 Å². The summed E-state index contributed by atoms with van der Waals surface area (Å²) >= 11 is 0. The predicted molar refractivity (Wildman–Crippen MR) is 127 cm³/mol. The molecule has 4 aromatic rings. The largest absolute Gasteiger partial charge is 0.489 e. The molecule has 6 nitrogen and oxygen atoms in total. The van der Waals surface area contributed by atoms with Crippen molar-refractivity contribution in [1.82, 2.24) is 0 Å². The molecule has 4 rings (SSSR count). The summed E-state index contributed by atoms with van der Waals surface area (Å²) in [7, 11) is 0. The molecular formula is C27H27NO5. The zero-order valence-electron chi connectivity index (χ0n) is 18.7. The van der Waals surface area contributed by atoms with Crippen molar-refractivity contribution in [3.05, 3.63) is 89.2 Å². The van der Waals surface area contributed by atoms with E-state index in [1.165, 1.54) is 0 Å². The van der Waals surface area contributed by atoms with E-state index in [9.17, 15) is 15.0 Å². The van der Waals surface area contributed by atoms with Crippen LogP contribution in [0.4, 0.5) is 0 Å². The first-order valence-corrected chi connectivity index (χ1v) is 10.8. The van der Waals surface area contributed by atoms with Gasteiger partial charge in [0.05, 0.1) is 6.42 Å². The Morgan fingerprint density at radius 1 is 1.03 bits per heavy atom. The first-order valence-electron chi connectivity index (χ1n) is 10.8. The number of fused-ring (bicyclic) bond motifs is 1. The number of carboxylic acids is 1. The van der Waals surface area contributed by atoms with E-state index in [0.717, 1.165) is 27.6 Å². The van der Waals surface area contributed by atoms with Gasteiger partial charge in [-0.2, -0.15) is 0 Å². The lowest BCUT2D eigenvalue weighted by Crippen LogP contribution is -2.13. The minimum atomic E-state index is -1.12. The Morgan fingerprint density at radius 3 is 2.55 bits per heavy atom. The number of ether oxygens (including phenoxy) is 1. The molecule has 0 aliphatic rings. The molecule has 0 spiro atoms. The van der Waals surface area contributed by atoms with Crippen molar-refractivity contribution < 1.29 is 24.2 Å². The van der Waals surface area contributed by atoms with Crippen molar-refractivity contribution >= 4 is 16.9 Å². The predicted octanol–water partition coefficient (Wildman–Crippen LogP) is 4.99. The van der Waals surface area contributed by atoms with Crippen molar-refractivity contribution in [1.29, 1.82) is 0 Å². The third-order valence-electron chi connectivity index (χ3n) is 5.46. The summed E-state index contributed by atoms with van der Waals surface area (Å²) in [5.74, 6) is 0.0988. The average molecular weight is 446 g/mol. The standard InChI is InChI=1S/C27H27NO5/c1-27(2,31)24-13-21-11-18(16-32-23-9-4-3-7-20(23)14-25(29)30)12-22(26(21)33-24)19-8-5-6-17(10-19)15-28/h3-13,31H,14-16,28H2,1-2H3,(H,29,30). The molecule has 0 saturated carbocycles. The van der Waals surface area contributed by atoms with Gasteiger partial charge in [0.15, 0.2) is 0 Å². The van der Waals surface area contributed by atoms with Crippen LogP contribution >= 0.6 is 0 Å². The van der Waals surface area contributed by atoms with E-state index in [4.69, 9.17) is 14.9 Å². The fourth-order valence-electron chi connectivity index (χ4n) is 3.79. The summed E-state index contributed by atoms with van der Waals surface area (Å²) in [6.45, 7) is 4.04. The van der Waals surface area contributed by atoms with Gasteiger partial charge in [-0.05, 0) is 60.9 Å². The first kappa shape index (κ1) is 22.6. The van der Waals surface area contributed by atoms with Crippen LogP contribution in [-0.4, -0.2) is 16.2 Å². The number of aliphatic carboxylic acids is 1. The number of carbonyl (C=O) groups is 1. The zero-order valence-corrected chi connectivity index (χ0v) is 18.7. The number of hydrogen-bond donors (Lipinski definition) is 3. The summed E-state index contributed by atoms with van der Waals surface area (Å²) in [5.41, 5.74) is 9.73. The fourth-order valence-corrected chi connectivity index (χ4v) is 3.79. The van der Waals surface area contributed by atoms with Crippen molar-refractivity contribution in [3.63, 3.8) is 0 Å². The molecule has 1 heterocycles. The molecule has 0 aliphatic carbocycles. The van der Waals surface area contributed by atoms with E-state index in [1.54, 1.807) is 32.0 Å². The van der Waals surface area contributed by atoms with Gasteiger partial charge >= 0.3 is 5.97 Å². The van der Waals surface area contributed by atoms with E-state index < -0.39 is 11.6 Å². The second-order valence-corrected chi connectivity index (χ2v) is 8.60. The maximum Gasteiger partial charge on any atom is 0.307 e. The summed E-state index contributed by atoms with van der Waals surface area (Å²) < 4.78 is 12.1. The van der Waals surface area contributed by atoms with Crippen LogP contribution in [0.25, 0.3) is 22.1 Å². The normalized spacial score (nSPS) is 11.6. The summed E-state index contributed by atoms with van der Waals surface area (Å²) in [6.07, 6.45) is -0.108. The highest BCUT2D eigenvalue weighted by Gasteiger charge is 2.23. The van der Waals surface area contributed by atoms with E-state index in [-0.39, 0.29) is 13.0 Å². The lowest BCUT2D eigenvalue weighted by molar-refractivity contribution is -0.136. The topological polar surface area (TPSA) is 106 Å². The molecule has 0 bridgehead atoms. The lowest BCUT2D eigenvalue weighted by atomic mass is 9.98. The number of furan rings is 1. The van der Waals surface area contributed by atoms with Crippen LogP contribution in [0.2, 0.25) is 0 Å². The van der Waals surface area contributed by atoms with Crippen LogP contribution in [0.1, 0.15) is 36.3 Å². The average Bonchev–Trinajstić information content (AvgIpc) is 3.22. The zero-order chi connectivity index (χ0) is 23.6. The van der Waals surface area contributed by atoms with Crippen molar-refractivity contribution in [2.24, 2.45) is 5.73 Å². The molecule has 1 aromatic heterocycles. The minimum absolute atomic E-state index is 0.108. The number of aliphatic hydroxyl groups is 1. The summed E-state index contributed by atoms with van der Waals surface area (Å²) in [4.78, 5) is 11.2. The number of rotatable bonds is 8. The molecule has 0 saturated heterocycles. The number of hydrogen-bond acceptors (Lipinski definition) is 5. The maximum atomic E-state index is 11.2. The molecule has 170 valence electrons. The van der Waals surface area contributed by atoms with Crippen molar-refractivity contribution in [2.45, 2.75) is 39.0 Å². The van der Waals surface area contributed by atoms with Crippen LogP contribution in [0.3, 0.4) is 0 Å². The molecule has 4 N–H and O–H groups in total. The third-order valence-corrected chi connectivity index (χ3v) is 5.46. The van der Waals surface area contributed by atoms with Gasteiger partial charge in [0.25, 0.3) is 0 Å².